The molecular formula is C23H29ClO6S. The van der Waals surface area contributed by atoms with Crippen LogP contribution in [0.1, 0.15) is 39.2 Å². The van der Waals surface area contributed by atoms with Crippen molar-refractivity contribution in [1.82, 2.24) is 0 Å². The van der Waals surface area contributed by atoms with Gasteiger partial charge in [0.25, 0.3) is 0 Å². The second-order valence-electron chi connectivity index (χ2n) is 8.10. The Balaban J connectivity index is 2.66. The lowest BCUT2D eigenvalue weighted by Gasteiger charge is -2.50. The lowest BCUT2D eigenvalue weighted by Crippen LogP contribution is -2.54. The fraction of sp³-hybridized carbons (Fsp3) is 0.522. The summed E-state index contributed by atoms with van der Waals surface area (Å²) in [5.41, 5.74) is -2.11. The number of halogens is 1. The molecule has 0 saturated carbocycles. The molecule has 0 bridgehead atoms. The van der Waals surface area contributed by atoms with Gasteiger partial charge in [0.1, 0.15) is 5.41 Å². The molecule has 0 aromatic heterocycles. The van der Waals surface area contributed by atoms with Crippen LogP contribution in [0.25, 0.3) is 0 Å². The number of ether oxygens (including phenoxy) is 1. The number of carboxylic acid groups (broad SMARTS) is 2. The molecule has 2 N–H and O–H groups in total. The second-order valence-corrected chi connectivity index (χ2v) is 9.84. The Hall–Kier alpha value is -1.99. The Morgan fingerprint density at radius 2 is 1.84 bits per heavy atom. The first-order valence-electron chi connectivity index (χ1n) is 10.2. The van der Waals surface area contributed by atoms with Crippen LogP contribution in [-0.4, -0.2) is 41.0 Å². The van der Waals surface area contributed by atoms with Gasteiger partial charge in [-0.1, -0.05) is 50.6 Å². The molecule has 4 atom stereocenters. The molecule has 31 heavy (non-hydrogen) atoms. The van der Waals surface area contributed by atoms with Crippen LogP contribution in [0.2, 0.25) is 5.02 Å². The maximum Gasteiger partial charge on any atom is 0.315 e. The van der Waals surface area contributed by atoms with Crippen molar-refractivity contribution in [3.8, 4) is 0 Å². The number of carboxylic acids is 2. The van der Waals surface area contributed by atoms with E-state index in [1.165, 1.54) is 18.9 Å². The number of benzene rings is 1. The summed E-state index contributed by atoms with van der Waals surface area (Å²) in [5.74, 6) is -3.49. The summed E-state index contributed by atoms with van der Waals surface area (Å²) in [6, 6.07) is 6.92. The largest absolute Gasteiger partial charge is 0.481 e. The van der Waals surface area contributed by atoms with Gasteiger partial charge in [-0.05, 0) is 53.5 Å². The van der Waals surface area contributed by atoms with Gasteiger partial charge < -0.3 is 14.9 Å². The predicted octanol–water partition coefficient (Wildman–Crippen LogP) is 4.90. The number of hydrogen-bond donors (Lipinski definition) is 2. The van der Waals surface area contributed by atoms with Crippen molar-refractivity contribution in [3.63, 3.8) is 0 Å². The van der Waals surface area contributed by atoms with E-state index < -0.39 is 40.6 Å². The summed E-state index contributed by atoms with van der Waals surface area (Å²) < 4.78 is 4.80. The average molecular weight is 469 g/mol. The Bertz CT molecular complexity index is 867. The molecule has 170 valence electrons. The molecule has 0 spiro atoms. The normalized spacial score (nSPS) is 26.6. The highest BCUT2D eigenvalue weighted by atomic mass is 35.5. The van der Waals surface area contributed by atoms with Crippen molar-refractivity contribution in [2.24, 2.45) is 22.7 Å². The summed E-state index contributed by atoms with van der Waals surface area (Å²) in [7, 11) is 1.26. The molecule has 0 amide bonds. The molecule has 1 aromatic rings. The van der Waals surface area contributed by atoms with Gasteiger partial charge in [-0.2, -0.15) is 0 Å². The third-order valence-electron chi connectivity index (χ3n) is 6.44. The molecule has 6 nitrogen and oxygen atoms in total. The van der Waals surface area contributed by atoms with Gasteiger partial charge in [-0.3, -0.25) is 14.4 Å². The van der Waals surface area contributed by atoms with E-state index in [-0.39, 0.29) is 19.3 Å². The molecule has 1 aliphatic carbocycles. The molecule has 0 saturated heterocycles. The molecular weight excluding hydrogens is 440 g/mol. The van der Waals surface area contributed by atoms with E-state index in [1.807, 2.05) is 6.92 Å². The first kappa shape index (κ1) is 25.3. The Morgan fingerprint density at radius 1 is 1.23 bits per heavy atom. The lowest BCUT2D eigenvalue weighted by molar-refractivity contribution is -0.166. The molecule has 2 rings (SSSR count). The summed E-state index contributed by atoms with van der Waals surface area (Å²) in [6.45, 7) is 5.24. The highest BCUT2D eigenvalue weighted by Gasteiger charge is 2.60. The third-order valence-corrected chi connectivity index (χ3v) is 7.82. The van der Waals surface area contributed by atoms with Gasteiger partial charge in [-0.25, -0.2) is 0 Å². The standard InChI is InChI=1S/C23H29ClO6S/c1-5-31-18-10-11-22(20(26)27,12-14(2)19(25)30-4)15(3)23(18,21(28)29)13-16-6-8-17(24)9-7-16/h6-10,14-15H,5,11-13H2,1-4H3,(H,26,27)(H,28,29)/t14?,15?,22?,23-/m1/s1. The molecule has 0 fully saturated rings. The second kappa shape index (κ2) is 10.1. The third kappa shape index (κ3) is 4.77. The monoisotopic (exact) mass is 468 g/mol. The van der Waals surface area contributed by atoms with Crippen LogP contribution in [0.15, 0.2) is 35.2 Å². The lowest BCUT2D eigenvalue weighted by atomic mass is 9.54. The van der Waals surface area contributed by atoms with E-state index in [0.717, 1.165) is 5.56 Å². The summed E-state index contributed by atoms with van der Waals surface area (Å²) in [4.78, 5) is 38.2. The number of hydrogen-bond acceptors (Lipinski definition) is 5. The van der Waals surface area contributed by atoms with Crippen LogP contribution in [-0.2, 0) is 25.5 Å². The van der Waals surface area contributed by atoms with E-state index in [9.17, 15) is 24.6 Å². The minimum absolute atomic E-state index is 0.00755. The van der Waals surface area contributed by atoms with E-state index in [2.05, 4.69) is 0 Å². The zero-order valence-corrected chi connectivity index (χ0v) is 19.8. The predicted molar refractivity (Wildman–Crippen MR) is 121 cm³/mol. The van der Waals surface area contributed by atoms with Crippen LogP contribution in [0.3, 0.4) is 0 Å². The quantitative estimate of drug-likeness (QED) is 0.497. The number of carbonyl (C=O) groups is 3. The maximum absolute atomic E-state index is 12.9. The first-order valence-corrected chi connectivity index (χ1v) is 11.5. The Kier molecular flexibility index (Phi) is 8.22. The molecule has 0 aliphatic heterocycles. The Morgan fingerprint density at radius 3 is 2.32 bits per heavy atom. The van der Waals surface area contributed by atoms with Gasteiger partial charge in [-0.15, -0.1) is 11.8 Å². The number of esters is 1. The number of aliphatic carboxylic acids is 2. The van der Waals surface area contributed by atoms with Crippen molar-refractivity contribution in [1.29, 1.82) is 0 Å². The summed E-state index contributed by atoms with van der Waals surface area (Å²) in [6.07, 6.45) is 2.02. The van der Waals surface area contributed by atoms with Crippen molar-refractivity contribution in [2.75, 3.05) is 12.9 Å². The van der Waals surface area contributed by atoms with Crippen molar-refractivity contribution in [3.05, 3.63) is 45.8 Å². The average Bonchev–Trinajstić information content (AvgIpc) is 2.73. The zero-order valence-electron chi connectivity index (χ0n) is 18.2. The van der Waals surface area contributed by atoms with E-state index >= 15 is 0 Å². The Labute approximate surface area is 192 Å². The van der Waals surface area contributed by atoms with Crippen molar-refractivity contribution in [2.45, 2.75) is 40.0 Å². The maximum atomic E-state index is 12.9. The topological polar surface area (TPSA) is 101 Å². The number of thioether (sulfide) groups is 1. The van der Waals surface area contributed by atoms with Crippen molar-refractivity contribution < 1.29 is 29.3 Å². The highest BCUT2D eigenvalue weighted by molar-refractivity contribution is 8.03. The zero-order chi connectivity index (χ0) is 23.4. The van der Waals surface area contributed by atoms with Gasteiger partial charge in [0.05, 0.1) is 18.4 Å². The fourth-order valence-corrected chi connectivity index (χ4v) is 5.88. The summed E-state index contributed by atoms with van der Waals surface area (Å²) >= 11 is 7.42. The fourth-order valence-electron chi connectivity index (χ4n) is 4.64. The first-order chi connectivity index (χ1) is 14.5. The van der Waals surface area contributed by atoms with Gasteiger partial charge >= 0.3 is 17.9 Å². The molecule has 1 aromatic carbocycles. The number of rotatable bonds is 9. The minimum atomic E-state index is -1.44. The number of methoxy groups -OCH3 is 1. The number of allylic oxidation sites excluding steroid dienone is 1. The van der Waals surface area contributed by atoms with Crippen LogP contribution >= 0.6 is 23.4 Å². The van der Waals surface area contributed by atoms with Crippen LogP contribution < -0.4 is 0 Å². The van der Waals surface area contributed by atoms with E-state index in [0.29, 0.717) is 15.7 Å². The molecule has 0 radical (unpaired) electrons. The van der Waals surface area contributed by atoms with Gasteiger partial charge in [0.15, 0.2) is 0 Å². The molecule has 8 heteroatoms. The smallest absolute Gasteiger partial charge is 0.315 e. The molecule has 1 aliphatic rings. The van der Waals surface area contributed by atoms with Crippen LogP contribution in [0.4, 0.5) is 0 Å². The minimum Gasteiger partial charge on any atom is -0.481 e. The molecule has 0 heterocycles. The van der Waals surface area contributed by atoms with Crippen LogP contribution in [0, 0.1) is 22.7 Å². The van der Waals surface area contributed by atoms with Crippen molar-refractivity contribution >= 4 is 41.3 Å². The van der Waals surface area contributed by atoms with Gasteiger partial charge in [0.2, 0.25) is 0 Å². The van der Waals surface area contributed by atoms with E-state index in [4.69, 9.17) is 16.3 Å². The number of carbonyl (C=O) groups excluding carboxylic acids is 1. The van der Waals surface area contributed by atoms with Crippen LogP contribution in [0.5, 0.6) is 0 Å². The van der Waals surface area contributed by atoms with Gasteiger partial charge in [0, 0.05) is 5.02 Å². The SMILES string of the molecule is CCSC1=CCC(CC(C)C(=O)OC)(C(=O)O)C(C)[C@@]1(Cc1ccc(Cl)cc1)C(=O)O. The highest BCUT2D eigenvalue weighted by Crippen LogP contribution is 2.58. The summed E-state index contributed by atoms with van der Waals surface area (Å²) in [5, 5.41) is 21.3. The van der Waals surface area contributed by atoms with E-state index in [1.54, 1.807) is 44.2 Å². The molecule has 3 unspecified atom stereocenters.